The van der Waals surface area contributed by atoms with Gasteiger partial charge in [-0.05, 0) is 46.5 Å². The molecule has 0 amide bonds. The summed E-state index contributed by atoms with van der Waals surface area (Å²) in [6.45, 7) is 7.16. The maximum Gasteiger partial charge on any atom is 0.311 e. The predicted octanol–water partition coefficient (Wildman–Crippen LogP) is 3.25. The van der Waals surface area contributed by atoms with Crippen LogP contribution < -0.4 is 0 Å². The van der Waals surface area contributed by atoms with Gasteiger partial charge in [0.05, 0.1) is 18.1 Å². The number of unbranched alkanes of at least 4 members (excludes halogenated alkanes) is 3. The lowest BCUT2D eigenvalue weighted by molar-refractivity contribution is -0.153. The molecule has 1 saturated heterocycles. The summed E-state index contributed by atoms with van der Waals surface area (Å²) >= 11 is 0. The van der Waals surface area contributed by atoms with Crippen LogP contribution in [0.2, 0.25) is 0 Å². The Bertz CT molecular complexity index is 339. The van der Waals surface area contributed by atoms with Gasteiger partial charge in [0.25, 0.3) is 0 Å². The van der Waals surface area contributed by atoms with Crippen LogP contribution in [-0.4, -0.2) is 37.9 Å². The van der Waals surface area contributed by atoms with Crippen LogP contribution in [0.5, 0.6) is 0 Å². The van der Waals surface area contributed by atoms with E-state index >= 15 is 0 Å². The van der Waals surface area contributed by atoms with E-state index in [0.29, 0.717) is 19.6 Å². The minimum Gasteiger partial charge on any atom is -0.465 e. The summed E-state index contributed by atoms with van der Waals surface area (Å²) in [6.07, 6.45) is 6.15. The van der Waals surface area contributed by atoms with Crippen molar-refractivity contribution >= 4 is 11.9 Å². The number of rotatable bonds is 9. The molecule has 0 aliphatic carbocycles. The highest BCUT2D eigenvalue weighted by atomic mass is 16.6. The van der Waals surface area contributed by atoms with Crippen molar-refractivity contribution in [2.75, 3.05) is 19.8 Å². The third-order valence-corrected chi connectivity index (χ3v) is 3.57. The molecule has 0 radical (unpaired) electrons. The fourth-order valence-electron chi connectivity index (χ4n) is 2.14. The number of carbonyl (C=O) groups is 2. The van der Waals surface area contributed by atoms with E-state index in [1.54, 1.807) is 0 Å². The molecule has 0 N–H and O–H groups in total. The Labute approximate surface area is 133 Å². The zero-order valence-electron chi connectivity index (χ0n) is 14.2. The van der Waals surface area contributed by atoms with Gasteiger partial charge in [0.1, 0.15) is 6.61 Å². The molecule has 128 valence electrons. The van der Waals surface area contributed by atoms with Crippen molar-refractivity contribution in [2.45, 2.75) is 71.8 Å². The van der Waals surface area contributed by atoms with Gasteiger partial charge in [0, 0.05) is 13.0 Å². The molecular formula is C17H30O5. The third-order valence-electron chi connectivity index (χ3n) is 3.57. The predicted molar refractivity (Wildman–Crippen MR) is 83.4 cm³/mol. The lowest BCUT2D eigenvalue weighted by Gasteiger charge is -2.16. The van der Waals surface area contributed by atoms with Gasteiger partial charge >= 0.3 is 11.9 Å². The Morgan fingerprint density at radius 1 is 1.09 bits per heavy atom. The Morgan fingerprint density at radius 2 is 1.82 bits per heavy atom. The molecule has 22 heavy (non-hydrogen) atoms. The van der Waals surface area contributed by atoms with Crippen molar-refractivity contribution in [3.8, 4) is 0 Å². The van der Waals surface area contributed by atoms with Gasteiger partial charge in [-0.15, -0.1) is 0 Å². The second kappa shape index (κ2) is 9.82. The molecule has 0 bridgehead atoms. The van der Waals surface area contributed by atoms with Crippen molar-refractivity contribution in [1.82, 2.24) is 0 Å². The molecule has 1 unspecified atom stereocenters. The number of ether oxygens (including phenoxy) is 3. The molecule has 1 aliphatic rings. The highest BCUT2D eigenvalue weighted by molar-refractivity contribution is 5.75. The number of hydrogen-bond donors (Lipinski definition) is 0. The van der Waals surface area contributed by atoms with Gasteiger partial charge in [0.15, 0.2) is 0 Å². The van der Waals surface area contributed by atoms with Crippen LogP contribution in [0.15, 0.2) is 0 Å². The second-order valence-electron chi connectivity index (χ2n) is 6.87. The van der Waals surface area contributed by atoms with Crippen molar-refractivity contribution in [2.24, 2.45) is 5.41 Å². The summed E-state index contributed by atoms with van der Waals surface area (Å²) < 4.78 is 15.8. The monoisotopic (exact) mass is 314 g/mol. The highest BCUT2D eigenvalue weighted by Crippen LogP contribution is 2.16. The first-order valence-corrected chi connectivity index (χ1v) is 8.34. The first-order chi connectivity index (χ1) is 10.4. The van der Waals surface area contributed by atoms with Crippen molar-refractivity contribution in [3.63, 3.8) is 0 Å². The zero-order valence-corrected chi connectivity index (χ0v) is 14.2. The van der Waals surface area contributed by atoms with Crippen LogP contribution in [0, 0.1) is 5.41 Å². The average molecular weight is 314 g/mol. The van der Waals surface area contributed by atoms with E-state index in [4.69, 9.17) is 14.2 Å². The van der Waals surface area contributed by atoms with Gasteiger partial charge in [-0.3, -0.25) is 9.59 Å². The van der Waals surface area contributed by atoms with Crippen molar-refractivity contribution < 1.29 is 23.8 Å². The lowest BCUT2D eigenvalue weighted by Crippen LogP contribution is -2.23. The Kier molecular flexibility index (Phi) is 8.46. The van der Waals surface area contributed by atoms with E-state index in [1.165, 1.54) is 0 Å². The molecule has 0 spiro atoms. The topological polar surface area (TPSA) is 61.8 Å². The summed E-state index contributed by atoms with van der Waals surface area (Å²) in [4.78, 5) is 23.1. The molecule has 0 aromatic rings. The molecule has 5 nitrogen and oxygen atoms in total. The summed E-state index contributed by atoms with van der Waals surface area (Å²) in [5.41, 5.74) is -0.438. The highest BCUT2D eigenvalue weighted by Gasteiger charge is 2.22. The van der Waals surface area contributed by atoms with Crippen molar-refractivity contribution in [1.29, 1.82) is 0 Å². The summed E-state index contributed by atoms with van der Waals surface area (Å²) in [5.74, 6) is -0.306. The number of esters is 2. The lowest BCUT2D eigenvalue weighted by atomic mass is 9.97. The zero-order chi connectivity index (χ0) is 16.4. The maximum absolute atomic E-state index is 11.5. The van der Waals surface area contributed by atoms with Crippen LogP contribution in [0.25, 0.3) is 0 Å². The number of carbonyl (C=O) groups excluding carboxylic acids is 2. The van der Waals surface area contributed by atoms with Crippen LogP contribution in [0.4, 0.5) is 0 Å². The number of hydrogen-bond acceptors (Lipinski definition) is 5. The van der Waals surface area contributed by atoms with Gasteiger partial charge in [-0.25, -0.2) is 0 Å². The smallest absolute Gasteiger partial charge is 0.311 e. The fourth-order valence-corrected chi connectivity index (χ4v) is 2.14. The van der Waals surface area contributed by atoms with E-state index in [-0.39, 0.29) is 18.0 Å². The SMILES string of the molecule is CC(C)(C)C(=O)OCCCCCCC(=O)OCC1CCCO1. The standard InChI is InChI=1S/C17H30O5/c1-17(2,3)16(19)21-11-7-5-4-6-10-15(18)22-13-14-9-8-12-20-14/h14H,4-13H2,1-3H3. The van der Waals surface area contributed by atoms with Crippen LogP contribution in [-0.2, 0) is 23.8 Å². The quantitative estimate of drug-likeness (QED) is 0.483. The summed E-state index contributed by atoms with van der Waals surface area (Å²) in [6, 6.07) is 0. The Morgan fingerprint density at radius 3 is 2.45 bits per heavy atom. The van der Waals surface area contributed by atoms with Crippen molar-refractivity contribution in [3.05, 3.63) is 0 Å². The Balaban J connectivity index is 1.90. The van der Waals surface area contributed by atoms with E-state index in [1.807, 2.05) is 20.8 Å². The molecule has 1 atom stereocenters. The largest absolute Gasteiger partial charge is 0.465 e. The molecule has 1 aliphatic heterocycles. The van der Waals surface area contributed by atoms with Gasteiger partial charge in [-0.2, -0.15) is 0 Å². The van der Waals surface area contributed by atoms with E-state index < -0.39 is 5.41 Å². The molecule has 0 aromatic carbocycles. The molecule has 1 fully saturated rings. The van der Waals surface area contributed by atoms with Crippen LogP contribution in [0.1, 0.15) is 65.7 Å². The molecular weight excluding hydrogens is 284 g/mol. The molecule has 0 saturated carbocycles. The van der Waals surface area contributed by atoms with E-state index in [0.717, 1.165) is 45.1 Å². The van der Waals surface area contributed by atoms with Gasteiger partial charge in [0.2, 0.25) is 0 Å². The maximum atomic E-state index is 11.5. The van der Waals surface area contributed by atoms with Gasteiger partial charge in [-0.1, -0.05) is 12.8 Å². The van der Waals surface area contributed by atoms with E-state index in [9.17, 15) is 9.59 Å². The average Bonchev–Trinajstić information content (AvgIpc) is 2.96. The van der Waals surface area contributed by atoms with Crippen LogP contribution >= 0.6 is 0 Å². The first kappa shape index (κ1) is 18.9. The third kappa shape index (κ3) is 8.37. The molecule has 0 aromatic heterocycles. The molecule has 1 rings (SSSR count). The minimum absolute atomic E-state index is 0.0986. The van der Waals surface area contributed by atoms with Gasteiger partial charge < -0.3 is 14.2 Å². The summed E-state index contributed by atoms with van der Waals surface area (Å²) in [7, 11) is 0. The normalized spacial score (nSPS) is 18.2. The van der Waals surface area contributed by atoms with Crippen LogP contribution in [0.3, 0.4) is 0 Å². The molecule has 5 heteroatoms. The first-order valence-electron chi connectivity index (χ1n) is 8.34. The van der Waals surface area contributed by atoms with E-state index in [2.05, 4.69) is 0 Å². The molecule has 1 heterocycles. The minimum atomic E-state index is -0.438. The fraction of sp³-hybridized carbons (Fsp3) is 0.882. The summed E-state index contributed by atoms with van der Waals surface area (Å²) in [5, 5.41) is 0. The second-order valence-corrected chi connectivity index (χ2v) is 6.87. The Hall–Kier alpha value is -1.10.